The molecule has 1 aromatic rings. The normalized spacial score (nSPS) is 6.62. The van der Waals surface area contributed by atoms with Crippen LogP contribution in [0.25, 0.3) is 0 Å². The predicted octanol–water partition coefficient (Wildman–Crippen LogP) is -1.81. The minimum absolute atomic E-state index is 0. The number of nitrogens with zero attached hydrogens (tertiary/aromatic N) is 3. The SMILES string of the molecule is Sc1nnn[nH]1.[NaH].[NaH]. The fourth-order valence-electron chi connectivity index (χ4n) is 0.154. The molecule has 1 rings (SSSR count). The third kappa shape index (κ3) is 4.31. The van der Waals surface area contributed by atoms with Crippen molar-refractivity contribution in [3.05, 3.63) is 0 Å². The maximum atomic E-state index is 3.74. The average Bonchev–Trinajstić information content (AvgIpc) is 1.86. The zero-order valence-corrected chi connectivity index (χ0v) is 3.68. The molecule has 0 fully saturated rings. The number of rotatable bonds is 0. The molecule has 1 heterocycles. The fourth-order valence-corrected chi connectivity index (χ4v) is 0.239. The molecule has 1 aromatic heterocycles. The molecular formula is CH4N4Na2S. The van der Waals surface area contributed by atoms with Gasteiger partial charge in [-0.2, -0.15) is 0 Å². The van der Waals surface area contributed by atoms with Crippen LogP contribution < -0.4 is 0 Å². The van der Waals surface area contributed by atoms with E-state index in [0.717, 1.165) is 0 Å². The summed E-state index contributed by atoms with van der Waals surface area (Å²) in [5, 5.41) is 12.6. The molecule has 8 heavy (non-hydrogen) atoms. The standard InChI is InChI=1S/CH2N4S.2Na.2H/c6-1-2-4-5-3-1;;;;/h(H2,2,3,4,5,6);;;;. The monoisotopic (exact) mass is 150 g/mol. The molecule has 0 aliphatic heterocycles. The number of tetrazole rings is 1. The zero-order valence-electron chi connectivity index (χ0n) is 2.79. The topological polar surface area (TPSA) is 54.5 Å². The molecule has 0 amide bonds. The van der Waals surface area contributed by atoms with Crippen LogP contribution in [0.4, 0.5) is 0 Å². The number of hydrogen-bond donors (Lipinski definition) is 2. The van der Waals surface area contributed by atoms with Gasteiger partial charge in [0.05, 0.1) is 0 Å². The third-order valence-electron chi connectivity index (χ3n) is 0.334. The Morgan fingerprint density at radius 1 is 1.38 bits per heavy atom. The summed E-state index contributed by atoms with van der Waals surface area (Å²) in [5.41, 5.74) is 0. The van der Waals surface area contributed by atoms with Crippen molar-refractivity contribution in [1.82, 2.24) is 20.6 Å². The van der Waals surface area contributed by atoms with E-state index in [9.17, 15) is 0 Å². The summed E-state index contributed by atoms with van der Waals surface area (Å²) < 4.78 is 0. The first-order valence-corrected chi connectivity index (χ1v) is 1.77. The molecule has 0 unspecified atom stereocenters. The number of aromatic amines is 1. The number of hydrogen-bond acceptors (Lipinski definition) is 4. The van der Waals surface area contributed by atoms with Crippen molar-refractivity contribution in [3.63, 3.8) is 0 Å². The molecule has 0 atom stereocenters. The van der Waals surface area contributed by atoms with Gasteiger partial charge in [-0.3, -0.25) is 0 Å². The van der Waals surface area contributed by atoms with Crippen molar-refractivity contribution in [3.8, 4) is 0 Å². The summed E-state index contributed by atoms with van der Waals surface area (Å²) in [7, 11) is 0. The molecule has 0 spiro atoms. The van der Waals surface area contributed by atoms with Crippen LogP contribution in [-0.2, 0) is 0 Å². The summed E-state index contributed by atoms with van der Waals surface area (Å²) in [4.78, 5) is 0. The van der Waals surface area contributed by atoms with E-state index >= 15 is 0 Å². The van der Waals surface area contributed by atoms with E-state index in [4.69, 9.17) is 0 Å². The van der Waals surface area contributed by atoms with Gasteiger partial charge in [-0.05, 0) is 10.4 Å². The van der Waals surface area contributed by atoms with Crippen LogP contribution in [0, 0.1) is 0 Å². The van der Waals surface area contributed by atoms with E-state index in [1.54, 1.807) is 0 Å². The van der Waals surface area contributed by atoms with Crippen LogP contribution in [0.3, 0.4) is 0 Å². The molecule has 0 saturated heterocycles. The Morgan fingerprint density at radius 2 is 2.00 bits per heavy atom. The molecule has 4 nitrogen and oxygen atoms in total. The van der Waals surface area contributed by atoms with Crippen LogP contribution in [0.15, 0.2) is 5.16 Å². The first kappa shape index (κ1) is 12.1. The summed E-state index contributed by atoms with van der Waals surface area (Å²) >= 11 is 3.74. The molecule has 0 saturated carbocycles. The van der Waals surface area contributed by atoms with Crippen molar-refractivity contribution >= 4 is 71.7 Å². The third-order valence-corrected chi connectivity index (χ3v) is 0.524. The maximum absolute atomic E-state index is 3.74. The molecule has 0 aliphatic carbocycles. The van der Waals surface area contributed by atoms with Crippen LogP contribution >= 0.6 is 12.6 Å². The van der Waals surface area contributed by atoms with Crippen molar-refractivity contribution in [2.24, 2.45) is 0 Å². The Bertz CT molecular complexity index is 118. The second-order valence-corrected chi connectivity index (χ2v) is 1.15. The number of aromatic nitrogens is 4. The summed E-state index contributed by atoms with van der Waals surface area (Å²) in [6.07, 6.45) is 0. The summed E-state index contributed by atoms with van der Waals surface area (Å²) in [6, 6.07) is 0. The van der Waals surface area contributed by atoms with Gasteiger partial charge in [-0.1, -0.05) is 0 Å². The Kier molecular flexibility index (Phi) is 9.91. The van der Waals surface area contributed by atoms with E-state index in [-0.39, 0.29) is 59.1 Å². The van der Waals surface area contributed by atoms with E-state index in [2.05, 4.69) is 33.3 Å². The second kappa shape index (κ2) is 6.54. The van der Waals surface area contributed by atoms with Gasteiger partial charge < -0.3 is 0 Å². The Morgan fingerprint density at radius 3 is 2.12 bits per heavy atom. The molecule has 1 N–H and O–H groups in total. The molecule has 0 aromatic carbocycles. The van der Waals surface area contributed by atoms with Gasteiger partial charge in [0.15, 0.2) is 0 Å². The van der Waals surface area contributed by atoms with Crippen molar-refractivity contribution in [2.45, 2.75) is 5.16 Å². The van der Waals surface area contributed by atoms with Gasteiger partial charge in [-0.15, -0.1) is 17.7 Å². The van der Waals surface area contributed by atoms with Crippen LogP contribution in [0.5, 0.6) is 0 Å². The fraction of sp³-hybridized carbons (Fsp3) is 0. The van der Waals surface area contributed by atoms with E-state index < -0.39 is 0 Å². The molecule has 36 valence electrons. The van der Waals surface area contributed by atoms with Gasteiger partial charge in [0, 0.05) is 0 Å². The van der Waals surface area contributed by atoms with Crippen molar-refractivity contribution in [2.75, 3.05) is 0 Å². The Labute approximate surface area is 96.2 Å². The van der Waals surface area contributed by atoms with Crippen molar-refractivity contribution < 1.29 is 0 Å². The number of nitrogens with one attached hydrogen (secondary N) is 1. The number of thiol groups is 1. The first-order valence-electron chi connectivity index (χ1n) is 1.32. The Balaban J connectivity index is 0. The predicted molar refractivity (Wildman–Crippen MR) is 35.7 cm³/mol. The van der Waals surface area contributed by atoms with Gasteiger partial charge in [0.2, 0.25) is 5.16 Å². The van der Waals surface area contributed by atoms with E-state index in [0.29, 0.717) is 5.16 Å². The Hall–Kier alpha value is 1.42. The molecule has 0 aliphatic rings. The van der Waals surface area contributed by atoms with Gasteiger partial charge in [0.25, 0.3) is 0 Å². The van der Waals surface area contributed by atoms with E-state index in [1.165, 1.54) is 0 Å². The van der Waals surface area contributed by atoms with Gasteiger partial charge >= 0.3 is 59.1 Å². The molecule has 7 heteroatoms. The zero-order chi connectivity index (χ0) is 4.41. The van der Waals surface area contributed by atoms with Gasteiger partial charge in [0.1, 0.15) is 0 Å². The quantitative estimate of drug-likeness (QED) is 0.338. The summed E-state index contributed by atoms with van der Waals surface area (Å²) in [5.74, 6) is 0. The second-order valence-electron chi connectivity index (χ2n) is 0.725. The van der Waals surface area contributed by atoms with Gasteiger partial charge in [-0.25, -0.2) is 5.10 Å². The van der Waals surface area contributed by atoms with Crippen molar-refractivity contribution in [1.29, 1.82) is 0 Å². The average molecular weight is 150 g/mol. The first-order chi connectivity index (χ1) is 2.89. The molecular weight excluding hydrogens is 146 g/mol. The molecule has 0 radical (unpaired) electrons. The van der Waals surface area contributed by atoms with E-state index in [1.807, 2.05) is 0 Å². The summed E-state index contributed by atoms with van der Waals surface area (Å²) in [6.45, 7) is 0. The molecule has 0 bridgehead atoms. The van der Waals surface area contributed by atoms with Crippen LogP contribution in [0.2, 0.25) is 0 Å². The van der Waals surface area contributed by atoms with Crippen LogP contribution in [-0.4, -0.2) is 79.7 Å². The van der Waals surface area contributed by atoms with Crippen LogP contribution in [0.1, 0.15) is 0 Å². The minimum atomic E-state index is 0. The number of H-pyrrole nitrogens is 1.